The number of hydrogen-bond donors (Lipinski definition) is 5. The van der Waals surface area contributed by atoms with Gasteiger partial charge < -0.3 is 25.1 Å². The summed E-state index contributed by atoms with van der Waals surface area (Å²) in [7, 11) is -3.39. The molecule has 0 spiro atoms. The van der Waals surface area contributed by atoms with E-state index in [1.165, 1.54) is 12.3 Å². The molecule has 5 nitrogen and oxygen atoms in total. The van der Waals surface area contributed by atoms with E-state index in [1.54, 1.807) is 0 Å². The van der Waals surface area contributed by atoms with Crippen molar-refractivity contribution >= 4 is 25.3 Å². The summed E-state index contributed by atoms with van der Waals surface area (Å²) in [6.45, 7) is 0. The molecule has 1 rings (SSSR count). The molecule has 0 aromatic carbocycles. The first kappa shape index (κ1) is 8.35. The summed E-state index contributed by atoms with van der Waals surface area (Å²) in [5.41, 5.74) is 0.0694. The van der Waals surface area contributed by atoms with Gasteiger partial charge in [0.25, 0.3) is 0 Å². The van der Waals surface area contributed by atoms with Crippen molar-refractivity contribution in [2.45, 2.75) is 0 Å². The van der Waals surface area contributed by atoms with Crippen molar-refractivity contribution in [2.24, 2.45) is 0 Å². The molecule has 0 unspecified atom stereocenters. The molecule has 0 fully saturated rings. The number of hydrogen-bond acceptors (Lipinski definition) is 4. The Hall–Kier alpha value is -0.750. The van der Waals surface area contributed by atoms with Gasteiger partial charge >= 0.3 is 14.2 Å². The second kappa shape index (κ2) is 3.10. The molecule has 58 valence electrons. The van der Waals surface area contributed by atoms with Gasteiger partial charge in [-0.1, -0.05) is 0 Å². The van der Waals surface area contributed by atoms with Crippen LogP contribution in [0.2, 0.25) is 0 Å². The summed E-state index contributed by atoms with van der Waals surface area (Å²) in [6.07, 6.45) is 1.39. The lowest BCUT2D eigenvalue weighted by Crippen LogP contribution is -2.48. The Labute approximate surface area is 63.6 Å². The normalized spacial score (nSPS) is 9.82. The van der Waals surface area contributed by atoms with Gasteiger partial charge in [0.1, 0.15) is 0 Å². The molecular formula is C4H7B2NO4. The molecule has 7 heteroatoms. The minimum Gasteiger partial charge on any atom is -0.423 e. The number of nitrogens with one attached hydrogen (secondary N) is 1. The molecule has 0 saturated heterocycles. The van der Waals surface area contributed by atoms with Crippen LogP contribution in [0.5, 0.6) is 0 Å². The molecule has 5 N–H and O–H groups in total. The van der Waals surface area contributed by atoms with Crippen LogP contribution in [0.25, 0.3) is 0 Å². The topological polar surface area (TPSA) is 96.7 Å². The van der Waals surface area contributed by atoms with E-state index in [4.69, 9.17) is 20.1 Å². The highest BCUT2D eigenvalue weighted by molar-refractivity contribution is 6.70. The van der Waals surface area contributed by atoms with Crippen LogP contribution in [-0.2, 0) is 0 Å². The SMILES string of the molecule is OB(O)c1cc[nH]c1B(O)O. The first-order chi connectivity index (χ1) is 5.13. The smallest absolute Gasteiger partial charge is 0.423 e. The van der Waals surface area contributed by atoms with Crippen molar-refractivity contribution in [3.63, 3.8) is 0 Å². The number of aromatic amines is 1. The zero-order valence-electron chi connectivity index (χ0n) is 5.60. The maximum atomic E-state index is 8.66. The standard InChI is InChI=1S/C4H7B2NO4/c8-5(9)3-1-2-7-4(3)6(10)11/h1-2,7-11H. The van der Waals surface area contributed by atoms with Gasteiger partial charge in [-0.2, -0.15) is 0 Å². The van der Waals surface area contributed by atoms with E-state index in [1.807, 2.05) is 0 Å². The van der Waals surface area contributed by atoms with Gasteiger partial charge in [-0.3, -0.25) is 0 Å². The fourth-order valence-corrected chi connectivity index (χ4v) is 0.843. The highest BCUT2D eigenvalue weighted by atomic mass is 16.4. The maximum absolute atomic E-state index is 8.66. The third-order valence-corrected chi connectivity index (χ3v) is 1.35. The van der Waals surface area contributed by atoms with Gasteiger partial charge in [-0.25, -0.2) is 0 Å². The fourth-order valence-electron chi connectivity index (χ4n) is 0.843. The molecule has 0 amide bonds. The van der Waals surface area contributed by atoms with Gasteiger partial charge in [-0.15, -0.1) is 0 Å². The van der Waals surface area contributed by atoms with Crippen molar-refractivity contribution in [3.05, 3.63) is 12.3 Å². The average molecular weight is 155 g/mol. The molecule has 0 atom stereocenters. The molecular weight excluding hydrogens is 148 g/mol. The number of rotatable bonds is 2. The van der Waals surface area contributed by atoms with Crippen molar-refractivity contribution in [1.82, 2.24) is 4.98 Å². The Kier molecular flexibility index (Phi) is 2.35. The monoisotopic (exact) mass is 155 g/mol. The van der Waals surface area contributed by atoms with E-state index in [0.717, 1.165) is 0 Å². The molecule has 0 bridgehead atoms. The van der Waals surface area contributed by atoms with E-state index >= 15 is 0 Å². The van der Waals surface area contributed by atoms with Crippen LogP contribution in [0.1, 0.15) is 0 Å². The number of H-pyrrole nitrogens is 1. The van der Waals surface area contributed by atoms with Crippen LogP contribution < -0.4 is 11.1 Å². The Bertz CT molecular complexity index is 213. The van der Waals surface area contributed by atoms with E-state index in [-0.39, 0.29) is 11.1 Å². The third kappa shape index (κ3) is 1.63. The second-order valence-corrected chi connectivity index (χ2v) is 2.09. The zero-order valence-corrected chi connectivity index (χ0v) is 5.60. The summed E-state index contributed by atoms with van der Waals surface area (Å²) in [6, 6.07) is 1.36. The van der Waals surface area contributed by atoms with E-state index in [9.17, 15) is 0 Å². The first-order valence-corrected chi connectivity index (χ1v) is 3.02. The van der Waals surface area contributed by atoms with Crippen LogP contribution in [0, 0.1) is 0 Å². The second-order valence-electron chi connectivity index (χ2n) is 2.09. The van der Waals surface area contributed by atoms with Crippen molar-refractivity contribution < 1.29 is 20.1 Å². The Balaban J connectivity index is 2.96. The maximum Gasteiger partial charge on any atom is 0.505 e. The van der Waals surface area contributed by atoms with Gasteiger partial charge in [0.2, 0.25) is 0 Å². The van der Waals surface area contributed by atoms with E-state index in [2.05, 4.69) is 4.98 Å². The van der Waals surface area contributed by atoms with Crippen LogP contribution in [-0.4, -0.2) is 39.3 Å². The lowest BCUT2D eigenvalue weighted by molar-refractivity contribution is 0.418. The molecule has 1 aromatic rings. The summed E-state index contributed by atoms with van der Waals surface area (Å²) < 4.78 is 0. The summed E-state index contributed by atoms with van der Waals surface area (Å²) >= 11 is 0. The van der Waals surface area contributed by atoms with Gasteiger partial charge in [-0.05, 0) is 17.7 Å². The predicted molar refractivity (Wildman–Crippen MR) is 40.4 cm³/mol. The molecule has 11 heavy (non-hydrogen) atoms. The molecule has 0 aliphatic heterocycles. The van der Waals surface area contributed by atoms with Crippen LogP contribution in [0.3, 0.4) is 0 Å². The molecule has 0 radical (unpaired) electrons. The Morgan fingerprint density at radius 2 is 1.73 bits per heavy atom. The van der Waals surface area contributed by atoms with Crippen LogP contribution in [0.15, 0.2) is 12.3 Å². The zero-order chi connectivity index (χ0) is 8.43. The van der Waals surface area contributed by atoms with Gasteiger partial charge in [0, 0.05) is 5.59 Å². The van der Waals surface area contributed by atoms with E-state index in [0.29, 0.717) is 0 Å². The Morgan fingerprint density at radius 1 is 1.09 bits per heavy atom. The average Bonchev–Trinajstić information content (AvgIpc) is 2.32. The van der Waals surface area contributed by atoms with Gasteiger partial charge in [0.05, 0.1) is 0 Å². The lowest BCUT2D eigenvalue weighted by Gasteiger charge is -1.99. The Morgan fingerprint density at radius 3 is 2.09 bits per heavy atom. The van der Waals surface area contributed by atoms with Crippen LogP contribution >= 0.6 is 0 Å². The first-order valence-electron chi connectivity index (χ1n) is 3.02. The fraction of sp³-hybridized carbons (Fsp3) is 0. The van der Waals surface area contributed by atoms with Gasteiger partial charge in [0.15, 0.2) is 0 Å². The van der Waals surface area contributed by atoms with Crippen molar-refractivity contribution in [1.29, 1.82) is 0 Å². The minimum atomic E-state index is -1.71. The van der Waals surface area contributed by atoms with E-state index < -0.39 is 14.2 Å². The summed E-state index contributed by atoms with van der Waals surface area (Å²) in [5, 5.41) is 34.6. The summed E-state index contributed by atoms with van der Waals surface area (Å²) in [5.74, 6) is 0. The highest BCUT2D eigenvalue weighted by Crippen LogP contribution is 1.78. The molecule has 0 saturated carbocycles. The van der Waals surface area contributed by atoms with Crippen molar-refractivity contribution in [3.8, 4) is 0 Å². The summed E-state index contributed by atoms with van der Waals surface area (Å²) in [4.78, 5) is 2.47. The molecule has 1 heterocycles. The molecule has 0 aliphatic rings. The highest BCUT2D eigenvalue weighted by Gasteiger charge is 2.23. The molecule has 0 aliphatic carbocycles. The predicted octanol–water partition coefficient (Wildman–Crippen LogP) is -3.63. The number of aromatic nitrogens is 1. The largest absolute Gasteiger partial charge is 0.505 e. The van der Waals surface area contributed by atoms with Crippen LogP contribution in [0.4, 0.5) is 0 Å². The van der Waals surface area contributed by atoms with Crippen molar-refractivity contribution in [2.75, 3.05) is 0 Å². The quantitative estimate of drug-likeness (QED) is 0.284. The molecule has 1 aromatic heterocycles. The minimum absolute atomic E-state index is 0.000000000000000444. The third-order valence-electron chi connectivity index (χ3n) is 1.35. The lowest BCUT2D eigenvalue weighted by atomic mass is 9.70.